The molecule has 0 saturated heterocycles. The summed E-state index contributed by atoms with van der Waals surface area (Å²) in [5, 5.41) is 22.5. The van der Waals surface area contributed by atoms with E-state index in [1.54, 1.807) is 10.9 Å². The molecule has 0 aliphatic rings. The lowest BCUT2D eigenvalue weighted by molar-refractivity contribution is -0.385. The summed E-state index contributed by atoms with van der Waals surface area (Å²) in [7, 11) is 0. The Morgan fingerprint density at radius 3 is 2.73 bits per heavy atom. The van der Waals surface area contributed by atoms with Gasteiger partial charge >= 0.3 is 0 Å². The Labute approximate surface area is 193 Å². The van der Waals surface area contributed by atoms with Crippen LogP contribution in [0.3, 0.4) is 0 Å². The van der Waals surface area contributed by atoms with Crippen molar-refractivity contribution in [3.63, 3.8) is 0 Å². The summed E-state index contributed by atoms with van der Waals surface area (Å²) in [4.78, 5) is 31.6. The molecule has 33 heavy (non-hydrogen) atoms. The molecule has 2 aromatic carbocycles. The summed E-state index contributed by atoms with van der Waals surface area (Å²) in [5.74, 6) is 0.0966. The van der Waals surface area contributed by atoms with Crippen LogP contribution in [-0.2, 0) is 13.0 Å². The molecule has 0 unspecified atom stereocenters. The van der Waals surface area contributed by atoms with Crippen molar-refractivity contribution in [1.29, 1.82) is 0 Å². The molecule has 11 heteroatoms. The molecule has 10 nitrogen and oxygen atoms in total. The van der Waals surface area contributed by atoms with E-state index in [0.29, 0.717) is 24.6 Å². The fourth-order valence-corrected chi connectivity index (χ4v) is 3.56. The van der Waals surface area contributed by atoms with Gasteiger partial charge in [-0.05, 0) is 24.1 Å². The number of carbonyl (C=O) groups is 1. The number of nitro benzene ring substituents is 1. The van der Waals surface area contributed by atoms with Gasteiger partial charge in [0.05, 0.1) is 23.1 Å². The molecular weight excluding hydrogens is 446 g/mol. The van der Waals surface area contributed by atoms with Crippen LogP contribution in [0.15, 0.2) is 61.1 Å². The van der Waals surface area contributed by atoms with E-state index >= 15 is 0 Å². The lowest BCUT2D eigenvalue weighted by atomic mass is 10.1. The number of nitrogens with zero attached hydrogens (tertiary/aromatic N) is 5. The van der Waals surface area contributed by atoms with Crippen LogP contribution in [0.5, 0.6) is 0 Å². The Kier molecular flexibility index (Phi) is 6.75. The molecule has 2 N–H and O–H groups in total. The third kappa shape index (κ3) is 5.24. The van der Waals surface area contributed by atoms with Gasteiger partial charge in [-0.15, -0.1) is 0 Å². The predicted octanol–water partition coefficient (Wildman–Crippen LogP) is 3.47. The van der Waals surface area contributed by atoms with Crippen LogP contribution in [0.2, 0.25) is 5.02 Å². The van der Waals surface area contributed by atoms with Crippen LogP contribution in [-0.4, -0.2) is 43.7 Å². The van der Waals surface area contributed by atoms with Crippen LogP contribution in [0, 0.1) is 10.1 Å². The number of benzene rings is 2. The Bertz CT molecular complexity index is 1290. The first kappa shape index (κ1) is 22.2. The van der Waals surface area contributed by atoms with E-state index in [4.69, 9.17) is 11.6 Å². The number of nitrogens with one attached hydrogen (secondary N) is 2. The van der Waals surface area contributed by atoms with Crippen molar-refractivity contribution in [3.8, 4) is 0 Å². The van der Waals surface area contributed by atoms with E-state index in [9.17, 15) is 14.9 Å². The van der Waals surface area contributed by atoms with Gasteiger partial charge in [-0.2, -0.15) is 5.10 Å². The van der Waals surface area contributed by atoms with Gasteiger partial charge in [0.25, 0.3) is 11.6 Å². The van der Waals surface area contributed by atoms with Crippen LogP contribution in [0.1, 0.15) is 15.9 Å². The van der Waals surface area contributed by atoms with Crippen molar-refractivity contribution in [2.24, 2.45) is 0 Å². The maximum atomic E-state index is 12.5. The molecule has 4 rings (SSSR count). The first-order valence-corrected chi connectivity index (χ1v) is 10.6. The Morgan fingerprint density at radius 1 is 1.12 bits per heavy atom. The number of aromatic nitrogens is 4. The third-order valence-electron chi connectivity index (χ3n) is 4.99. The van der Waals surface area contributed by atoms with Crippen LogP contribution in [0.4, 0.5) is 11.5 Å². The largest absolute Gasteiger partial charge is 0.369 e. The lowest BCUT2D eigenvalue weighted by Crippen LogP contribution is -2.28. The molecular formula is C22H20ClN7O3. The second-order valence-corrected chi connectivity index (χ2v) is 7.60. The summed E-state index contributed by atoms with van der Waals surface area (Å²) >= 11 is 5.90. The minimum absolute atomic E-state index is 0.0925. The number of amides is 1. The molecule has 0 radical (unpaired) electrons. The number of anilines is 1. The zero-order valence-electron chi connectivity index (χ0n) is 17.4. The minimum atomic E-state index is -0.616. The van der Waals surface area contributed by atoms with Gasteiger partial charge in [0.1, 0.15) is 17.7 Å². The zero-order chi connectivity index (χ0) is 23.2. The van der Waals surface area contributed by atoms with Crippen LogP contribution >= 0.6 is 11.6 Å². The van der Waals surface area contributed by atoms with E-state index < -0.39 is 10.8 Å². The van der Waals surface area contributed by atoms with Gasteiger partial charge in [-0.1, -0.05) is 41.9 Å². The molecule has 0 aliphatic carbocycles. The molecule has 0 bridgehead atoms. The first-order valence-electron chi connectivity index (χ1n) is 10.2. The highest BCUT2D eigenvalue weighted by atomic mass is 35.5. The molecule has 0 saturated carbocycles. The summed E-state index contributed by atoms with van der Waals surface area (Å²) < 4.78 is 1.64. The molecule has 0 aliphatic heterocycles. The molecule has 2 heterocycles. The van der Waals surface area contributed by atoms with Gasteiger partial charge in [-0.3, -0.25) is 14.9 Å². The maximum Gasteiger partial charge on any atom is 0.282 e. The first-order chi connectivity index (χ1) is 16.0. The maximum absolute atomic E-state index is 12.5. The van der Waals surface area contributed by atoms with Crippen molar-refractivity contribution in [3.05, 3.63) is 87.3 Å². The SMILES string of the molecule is O=C(NCCn1ncc2c(NCCc3ccccc3)ncnc21)c1cc(Cl)ccc1[N+](=O)[O-]. The molecule has 2 aromatic heterocycles. The summed E-state index contributed by atoms with van der Waals surface area (Å²) in [5.41, 5.74) is 1.45. The highest BCUT2D eigenvalue weighted by Crippen LogP contribution is 2.23. The van der Waals surface area contributed by atoms with E-state index in [0.717, 1.165) is 11.8 Å². The molecule has 0 fully saturated rings. The average molecular weight is 466 g/mol. The van der Waals surface area contributed by atoms with Gasteiger partial charge in [-0.25, -0.2) is 14.6 Å². The Morgan fingerprint density at radius 2 is 1.94 bits per heavy atom. The predicted molar refractivity (Wildman–Crippen MR) is 124 cm³/mol. The smallest absolute Gasteiger partial charge is 0.282 e. The highest BCUT2D eigenvalue weighted by Gasteiger charge is 2.20. The Balaban J connectivity index is 1.39. The third-order valence-corrected chi connectivity index (χ3v) is 5.23. The van der Waals surface area contributed by atoms with Crippen molar-refractivity contribution >= 4 is 40.0 Å². The second-order valence-electron chi connectivity index (χ2n) is 7.16. The van der Waals surface area contributed by atoms with Gasteiger partial charge < -0.3 is 10.6 Å². The molecule has 4 aromatic rings. The van der Waals surface area contributed by atoms with Crippen LogP contribution in [0.25, 0.3) is 11.0 Å². The van der Waals surface area contributed by atoms with E-state index in [1.807, 2.05) is 18.2 Å². The average Bonchev–Trinajstić information content (AvgIpc) is 3.23. The quantitative estimate of drug-likeness (QED) is 0.286. The Hall–Kier alpha value is -4.05. The summed E-state index contributed by atoms with van der Waals surface area (Å²) in [6.07, 6.45) is 3.98. The molecule has 0 atom stereocenters. The molecule has 0 spiro atoms. The van der Waals surface area contributed by atoms with Crippen LogP contribution < -0.4 is 10.6 Å². The monoisotopic (exact) mass is 465 g/mol. The number of rotatable bonds is 9. The topological polar surface area (TPSA) is 128 Å². The number of carbonyl (C=O) groups excluding carboxylic acids is 1. The second kappa shape index (κ2) is 10.0. The standard InChI is InChI=1S/C22H20ClN7O3/c23-16-6-7-19(30(32)33)17(12-16)22(31)25-10-11-29-21-18(13-28-29)20(26-14-27-21)24-9-8-15-4-2-1-3-5-15/h1-7,12-14H,8-11H2,(H,25,31)(H,24,26,27). The summed E-state index contributed by atoms with van der Waals surface area (Å²) in [6.45, 7) is 1.22. The van der Waals surface area contributed by atoms with E-state index in [1.165, 1.54) is 30.1 Å². The molecule has 1 amide bonds. The normalized spacial score (nSPS) is 10.8. The molecule has 168 valence electrons. The van der Waals surface area contributed by atoms with Crippen molar-refractivity contribution in [2.75, 3.05) is 18.4 Å². The van der Waals surface area contributed by atoms with Crippen molar-refractivity contribution in [1.82, 2.24) is 25.1 Å². The number of hydrogen-bond donors (Lipinski definition) is 2. The fraction of sp³-hybridized carbons (Fsp3) is 0.182. The number of nitro groups is 1. The van der Waals surface area contributed by atoms with Crippen molar-refractivity contribution < 1.29 is 9.72 Å². The van der Waals surface area contributed by atoms with Gasteiger partial charge in [0.15, 0.2) is 5.65 Å². The number of fused-ring (bicyclic) bond motifs is 1. The number of hydrogen-bond acceptors (Lipinski definition) is 7. The van der Waals surface area contributed by atoms with E-state index in [2.05, 4.69) is 37.8 Å². The number of halogens is 1. The van der Waals surface area contributed by atoms with Gasteiger partial charge in [0.2, 0.25) is 0 Å². The lowest BCUT2D eigenvalue weighted by Gasteiger charge is -2.08. The zero-order valence-corrected chi connectivity index (χ0v) is 18.2. The van der Waals surface area contributed by atoms with Crippen molar-refractivity contribution in [2.45, 2.75) is 13.0 Å². The minimum Gasteiger partial charge on any atom is -0.369 e. The highest BCUT2D eigenvalue weighted by molar-refractivity contribution is 6.31. The van der Waals surface area contributed by atoms with E-state index in [-0.39, 0.29) is 22.8 Å². The summed E-state index contributed by atoms with van der Waals surface area (Å²) in [6, 6.07) is 14.0. The fourth-order valence-electron chi connectivity index (χ4n) is 3.39. The van der Waals surface area contributed by atoms with Gasteiger partial charge in [0, 0.05) is 24.2 Å².